The maximum atomic E-state index is 5.97. The van der Waals surface area contributed by atoms with Crippen molar-refractivity contribution in [2.75, 3.05) is 26.8 Å². The van der Waals surface area contributed by atoms with Gasteiger partial charge in [0.1, 0.15) is 0 Å². The van der Waals surface area contributed by atoms with E-state index in [1.807, 2.05) is 0 Å². The molecule has 1 fully saturated rings. The molecule has 1 aliphatic rings. The van der Waals surface area contributed by atoms with Crippen molar-refractivity contribution in [2.24, 2.45) is 5.73 Å². The largest absolute Gasteiger partial charge is 0.381 e. The predicted molar refractivity (Wildman–Crippen MR) is 54.7 cm³/mol. The smallest absolute Gasteiger partial charge is 0.0480 e. The Kier molecular flexibility index (Phi) is 3.71. The molecule has 78 valence electrons. The van der Waals surface area contributed by atoms with Gasteiger partial charge in [-0.25, -0.2) is 0 Å². The molecule has 3 heteroatoms. The van der Waals surface area contributed by atoms with Gasteiger partial charge in [0.05, 0.1) is 0 Å². The summed E-state index contributed by atoms with van der Waals surface area (Å²) in [6.45, 7) is 6.91. The Hall–Kier alpha value is -0.120. The maximum Gasteiger partial charge on any atom is 0.0480 e. The van der Waals surface area contributed by atoms with Crippen LogP contribution in [0.4, 0.5) is 0 Å². The van der Waals surface area contributed by atoms with E-state index in [9.17, 15) is 0 Å². The molecule has 1 heterocycles. The number of rotatable bonds is 3. The Bertz CT molecular complexity index is 147. The van der Waals surface area contributed by atoms with E-state index in [0.717, 1.165) is 32.6 Å². The zero-order valence-corrected chi connectivity index (χ0v) is 9.05. The van der Waals surface area contributed by atoms with E-state index in [1.165, 1.54) is 0 Å². The molecule has 1 rings (SSSR count). The highest BCUT2D eigenvalue weighted by Crippen LogP contribution is 2.14. The number of nitrogens with two attached hydrogens (primary N) is 1. The minimum absolute atomic E-state index is 0.0902. The molecule has 0 unspecified atom stereocenters. The number of nitrogens with zero attached hydrogens (tertiary/aromatic N) is 1. The molecule has 0 aromatic carbocycles. The third-order valence-electron chi connectivity index (χ3n) is 2.47. The molecule has 0 amide bonds. The van der Waals surface area contributed by atoms with Crippen molar-refractivity contribution in [3.63, 3.8) is 0 Å². The van der Waals surface area contributed by atoms with Crippen LogP contribution in [0.3, 0.4) is 0 Å². The van der Waals surface area contributed by atoms with Gasteiger partial charge in [0.15, 0.2) is 0 Å². The first-order valence-electron chi connectivity index (χ1n) is 5.06. The van der Waals surface area contributed by atoms with Crippen molar-refractivity contribution in [3.8, 4) is 0 Å². The Morgan fingerprint density at radius 1 is 1.38 bits per heavy atom. The fraction of sp³-hybridized carbons (Fsp3) is 1.00. The van der Waals surface area contributed by atoms with E-state index in [1.54, 1.807) is 0 Å². The van der Waals surface area contributed by atoms with Gasteiger partial charge in [-0.1, -0.05) is 0 Å². The van der Waals surface area contributed by atoms with Gasteiger partial charge in [-0.3, -0.25) is 0 Å². The molecule has 13 heavy (non-hydrogen) atoms. The van der Waals surface area contributed by atoms with E-state index in [0.29, 0.717) is 6.04 Å². The third kappa shape index (κ3) is 4.07. The molecule has 3 nitrogen and oxygen atoms in total. The summed E-state index contributed by atoms with van der Waals surface area (Å²) in [5.74, 6) is 0. The average Bonchev–Trinajstić information content (AvgIpc) is 2.03. The average molecular weight is 186 g/mol. The Morgan fingerprint density at radius 3 is 2.38 bits per heavy atom. The van der Waals surface area contributed by atoms with Crippen molar-refractivity contribution in [1.29, 1.82) is 0 Å². The molecule has 0 aromatic rings. The van der Waals surface area contributed by atoms with Crippen LogP contribution >= 0.6 is 0 Å². The van der Waals surface area contributed by atoms with Gasteiger partial charge < -0.3 is 15.4 Å². The second-order valence-electron chi connectivity index (χ2n) is 4.75. The third-order valence-corrected chi connectivity index (χ3v) is 2.47. The van der Waals surface area contributed by atoms with Crippen LogP contribution in [0.15, 0.2) is 0 Å². The highest BCUT2D eigenvalue weighted by molar-refractivity contribution is 4.80. The lowest BCUT2D eigenvalue weighted by molar-refractivity contribution is 0.0379. The maximum absolute atomic E-state index is 5.97. The number of hydrogen-bond acceptors (Lipinski definition) is 3. The summed E-state index contributed by atoms with van der Waals surface area (Å²) in [7, 11) is 2.16. The molecule has 1 aliphatic heterocycles. The highest BCUT2D eigenvalue weighted by Gasteiger charge is 2.22. The van der Waals surface area contributed by atoms with Gasteiger partial charge in [0, 0.05) is 31.3 Å². The van der Waals surface area contributed by atoms with Gasteiger partial charge in [-0.15, -0.1) is 0 Å². The SMILES string of the molecule is CN(CC(C)(C)N)C1CCOCC1. The first kappa shape index (κ1) is 11.0. The van der Waals surface area contributed by atoms with Gasteiger partial charge in [0.25, 0.3) is 0 Å². The molecule has 0 atom stereocenters. The van der Waals surface area contributed by atoms with Crippen LogP contribution < -0.4 is 5.73 Å². The molecular formula is C10H22N2O. The molecule has 1 saturated heterocycles. The monoisotopic (exact) mass is 186 g/mol. The molecule has 0 radical (unpaired) electrons. The molecule has 0 saturated carbocycles. The van der Waals surface area contributed by atoms with E-state index in [4.69, 9.17) is 10.5 Å². The summed E-state index contributed by atoms with van der Waals surface area (Å²) < 4.78 is 5.32. The second kappa shape index (κ2) is 4.40. The van der Waals surface area contributed by atoms with Gasteiger partial charge >= 0.3 is 0 Å². The van der Waals surface area contributed by atoms with E-state index in [-0.39, 0.29) is 5.54 Å². The minimum atomic E-state index is -0.0902. The quantitative estimate of drug-likeness (QED) is 0.709. The first-order valence-corrected chi connectivity index (χ1v) is 5.06. The molecule has 2 N–H and O–H groups in total. The number of ether oxygens (including phenoxy) is 1. The van der Waals surface area contributed by atoms with E-state index >= 15 is 0 Å². The Morgan fingerprint density at radius 2 is 1.92 bits per heavy atom. The van der Waals surface area contributed by atoms with E-state index < -0.39 is 0 Å². The van der Waals surface area contributed by atoms with Crippen molar-refractivity contribution in [3.05, 3.63) is 0 Å². The summed E-state index contributed by atoms with van der Waals surface area (Å²) in [5.41, 5.74) is 5.88. The Labute approximate surface area is 81.2 Å². The summed E-state index contributed by atoms with van der Waals surface area (Å²) in [5, 5.41) is 0. The van der Waals surface area contributed by atoms with Crippen molar-refractivity contribution >= 4 is 0 Å². The van der Waals surface area contributed by atoms with Crippen LogP contribution in [-0.2, 0) is 4.74 Å². The van der Waals surface area contributed by atoms with Crippen LogP contribution in [0, 0.1) is 0 Å². The lowest BCUT2D eigenvalue weighted by atomic mass is 10.0. The van der Waals surface area contributed by atoms with Crippen LogP contribution in [0.2, 0.25) is 0 Å². The Balaban J connectivity index is 2.33. The summed E-state index contributed by atoms with van der Waals surface area (Å²) >= 11 is 0. The van der Waals surface area contributed by atoms with Gasteiger partial charge in [-0.05, 0) is 33.7 Å². The zero-order valence-electron chi connectivity index (χ0n) is 9.05. The van der Waals surface area contributed by atoms with E-state index in [2.05, 4.69) is 25.8 Å². The lowest BCUT2D eigenvalue weighted by Gasteiger charge is -2.35. The molecule has 0 spiro atoms. The van der Waals surface area contributed by atoms with Crippen molar-refractivity contribution in [1.82, 2.24) is 4.90 Å². The molecular weight excluding hydrogens is 164 g/mol. The number of hydrogen-bond donors (Lipinski definition) is 1. The topological polar surface area (TPSA) is 38.5 Å². The summed E-state index contributed by atoms with van der Waals surface area (Å²) in [6.07, 6.45) is 2.29. The minimum Gasteiger partial charge on any atom is -0.381 e. The summed E-state index contributed by atoms with van der Waals surface area (Å²) in [4.78, 5) is 2.36. The van der Waals surface area contributed by atoms with Crippen LogP contribution in [-0.4, -0.2) is 43.3 Å². The normalized spacial score (nSPS) is 21.0. The fourth-order valence-corrected chi connectivity index (χ4v) is 1.90. The predicted octanol–water partition coefficient (Wildman–Crippen LogP) is 0.834. The fourth-order valence-electron chi connectivity index (χ4n) is 1.90. The van der Waals surface area contributed by atoms with Crippen molar-refractivity contribution in [2.45, 2.75) is 38.3 Å². The molecule has 0 bridgehead atoms. The first-order chi connectivity index (χ1) is 5.99. The second-order valence-corrected chi connectivity index (χ2v) is 4.75. The molecule has 0 aromatic heterocycles. The lowest BCUT2D eigenvalue weighted by Crippen LogP contribution is -2.48. The van der Waals surface area contributed by atoms with Gasteiger partial charge in [-0.2, -0.15) is 0 Å². The van der Waals surface area contributed by atoms with Crippen LogP contribution in [0.5, 0.6) is 0 Å². The van der Waals surface area contributed by atoms with Gasteiger partial charge in [0.2, 0.25) is 0 Å². The standard InChI is InChI=1S/C10H22N2O/c1-10(2,11)8-12(3)9-4-6-13-7-5-9/h9H,4-8,11H2,1-3H3. The van der Waals surface area contributed by atoms with Crippen LogP contribution in [0.1, 0.15) is 26.7 Å². The summed E-state index contributed by atoms with van der Waals surface area (Å²) in [6, 6.07) is 0.663. The van der Waals surface area contributed by atoms with Crippen LogP contribution in [0.25, 0.3) is 0 Å². The highest BCUT2D eigenvalue weighted by atomic mass is 16.5. The molecule has 0 aliphatic carbocycles. The van der Waals surface area contributed by atoms with Crippen molar-refractivity contribution < 1.29 is 4.74 Å². The zero-order chi connectivity index (χ0) is 9.90. The number of likely N-dealkylation sites (N-methyl/N-ethyl adjacent to an activating group) is 1.